The summed E-state index contributed by atoms with van der Waals surface area (Å²) in [6.07, 6.45) is 0. The second-order valence-electron chi connectivity index (χ2n) is 4.10. The van der Waals surface area contributed by atoms with Crippen LogP contribution >= 0.6 is 31.9 Å². The molecule has 0 aliphatic rings. The predicted molar refractivity (Wildman–Crippen MR) is 80.8 cm³/mol. The first kappa shape index (κ1) is 13.8. The number of aryl methyl sites for hydroxylation is 1. The number of hydrogen-bond acceptors (Lipinski definition) is 2. The first-order chi connectivity index (χ1) is 8.61. The maximum absolute atomic E-state index is 5.74. The van der Waals surface area contributed by atoms with E-state index in [0.29, 0.717) is 0 Å². The van der Waals surface area contributed by atoms with Crippen LogP contribution in [-0.4, -0.2) is 6.54 Å². The Morgan fingerprint density at radius 3 is 2.56 bits per heavy atom. The highest BCUT2D eigenvalue weighted by molar-refractivity contribution is 9.11. The fourth-order valence-electron chi connectivity index (χ4n) is 1.91. The van der Waals surface area contributed by atoms with Gasteiger partial charge in [-0.3, -0.25) is 0 Å². The van der Waals surface area contributed by atoms with Crippen LogP contribution in [0, 0.1) is 6.92 Å². The van der Waals surface area contributed by atoms with E-state index in [2.05, 4.69) is 56.2 Å². The van der Waals surface area contributed by atoms with Crippen LogP contribution in [0.4, 0.5) is 0 Å². The first-order valence-corrected chi connectivity index (χ1v) is 7.45. The minimum Gasteiger partial charge on any atom is -0.464 e. The Labute approximate surface area is 124 Å². The van der Waals surface area contributed by atoms with Gasteiger partial charge in [-0.15, -0.1) is 0 Å². The molecule has 0 aliphatic carbocycles. The van der Waals surface area contributed by atoms with E-state index < -0.39 is 0 Å². The molecule has 0 aliphatic heterocycles. The summed E-state index contributed by atoms with van der Waals surface area (Å²) in [6.45, 7) is 4.94. The van der Waals surface area contributed by atoms with Gasteiger partial charge in [0.1, 0.15) is 11.5 Å². The molecule has 0 fully saturated rings. The molecule has 2 nitrogen and oxygen atoms in total. The molecule has 1 N–H and O–H groups in total. The largest absolute Gasteiger partial charge is 0.464 e. The SMILES string of the molecule is CCNC(c1ccc(C)o1)c1ccc(Br)cc1Br. The van der Waals surface area contributed by atoms with Gasteiger partial charge in [-0.2, -0.15) is 0 Å². The van der Waals surface area contributed by atoms with Crippen LogP contribution in [0.3, 0.4) is 0 Å². The van der Waals surface area contributed by atoms with Crippen molar-refractivity contribution in [3.05, 3.63) is 56.4 Å². The average Bonchev–Trinajstić information content (AvgIpc) is 2.73. The molecule has 0 saturated heterocycles. The summed E-state index contributed by atoms with van der Waals surface area (Å²) in [4.78, 5) is 0. The molecule has 2 aromatic rings. The van der Waals surface area contributed by atoms with Crippen LogP contribution < -0.4 is 5.32 Å². The van der Waals surface area contributed by atoms with Crippen LogP contribution in [-0.2, 0) is 0 Å². The molecule has 0 spiro atoms. The van der Waals surface area contributed by atoms with E-state index >= 15 is 0 Å². The van der Waals surface area contributed by atoms with Gasteiger partial charge in [-0.05, 0) is 43.3 Å². The fraction of sp³-hybridized carbons (Fsp3) is 0.286. The van der Waals surface area contributed by atoms with E-state index in [1.54, 1.807) is 0 Å². The average molecular weight is 373 g/mol. The smallest absolute Gasteiger partial charge is 0.125 e. The Hall–Kier alpha value is -0.580. The standard InChI is InChI=1S/C14H15Br2NO/c1-3-17-14(13-7-4-9(2)18-13)11-6-5-10(15)8-12(11)16/h4-8,14,17H,3H2,1-2H3. The molecule has 0 amide bonds. The van der Waals surface area contributed by atoms with Crippen molar-refractivity contribution in [3.8, 4) is 0 Å². The highest BCUT2D eigenvalue weighted by Gasteiger charge is 2.18. The lowest BCUT2D eigenvalue weighted by molar-refractivity contribution is 0.434. The van der Waals surface area contributed by atoms with Crippen LogP contribution in [0.25, 0.3) is 0 Å². The Morgan fingerprint density at radius 1 is 1.22 bits per heavy atom. The number of furan rings is 1. The van der Waals surface area contributed by atoms with Crippen molar-refractivity contribution >= 4 is 31.9 Å². The Bertz CT molecular complexity index is 536. The molecule has 0 bridgehead atoms. The molecular weight excluding hydrogens is 358 g/mol. The highest BCUT2D eigenvalue weighted by atomic mass is 79.9. The van der Waals surface area contributed by atoms with Crippen molar-refractivity contribution in [1.82, 2.24) is 5.32 Å². The van der Waals surface area contributed by atoms with Gasteiger partial charge < -0.3 is 9.73 Å². The van der Waals surface area contributed by atoms with Gasteiger partial charge in [0.25, 0.3) is 0 Å². The molecule has 1 aromatic carbocycles. The molecule has 18 heavy (non-hydrogen) atoms. The lowest BCUT2D eigenvalue weighted by Crippen LogP contribution is -2.21. The Kier molecular flexibility index (Phi) is 4.65. The monoisotopic (exact) mass is 371 g/mol. The summed E-state index contributed by atoms with van der Waals surface area (Å²) in [7, 11) is 0. The summed E-state index contributed by atoms with van der Waals surface area (Å²) >= 11 is 7.08. The minimum atomic E-state index is 0.0752. The molecular formula is C14H15Br2NO. The van der Waals surface area contributed by atoms with Crippen molar-refractivity contribution in [2.75, 3.05) is 6.54 Å². The fourth-order valence-corrected chi connectivity index (χ4v) is 3.19. The van der Waals surface area contributed by atoms with E-state index in [9.17, 15) is 0 Å². The van der Waals surface area contributed by atoms with Crippen molar-refractivity contribution in [3.63, 3.8) is 0 Å². The Balaban J connectivity index is 2.41. The van der Waals surface area contributed by atoms with Crippen molar-refractivity contribution in [2.24, 2.45) is 0 Å². The second-order valence-corrected chi connectivity index (χ2v) is 5.87. The van der Waals surface area contributed by atoms with Crippen molar-refractivity contribution < 1.29 is 4.42 Å². The Morgan fingerprint density at radius 2 is 2.00 bits per heavy atom. The van der Waals surface area contributed by atoms with E-state index in [1.807, 2.05) is 25.1 Å². The molecule has 0 saturated carbocycles. The highest BCUT2D eigenvalue weighted by Crippen LogP contribution is 2.31. The number of rotatable bonds is 4. The van der Waals surface area contributed by atoms with E-state index in [-0.39, 0.29) is 6.04 Å². The molecule has 0 radical (unpaired) electrons. The molecule has 1 atom stereocenters. The number of halogens is 2. The maximum atomic E-state index is 5.74. The summed E-state index contributed by atoms with van der Waals surface area (Å²) in [5.74, 6) is 1.87. The topological polar surface area (TPSA) is 25.2 Å². The van der Waals surface area contributed by atoms with Gasteiger partial charge in [0.05, 0.1) is 6.04 Å². The normalized spacial score (nSPS) is 12.7. The molecule has 4 heteroatoms. The van der Waals surface area contributed by atoms with Crippen LogP contribution in [0.1, 0.15) is 30.0 Å². The van der Waals surface area contributed by atoms with Crippen molar-refractivity contribution in [2.45, 2.75) is 19.9 Å². The third kappa shape index (κ3) is 3.05. The van der Waals surface area contributed by atoms with Gasteiger partial charge in [-0.1, -0.05) is 44.8 Å². The predicted octanol–water partition coefficient (Wildman–Crippen LogP) is 4.81. The quantitative estimate of drug-likeness (QED) is 0.832. The molecule has 2 rings (SSSR count). The maximum Gasteiger partial charge on any atom is 0.125 e. The van der Waals surface area contributed by atoms with Crippen LogP contribution in [0.5, 0.6) is 0 Å². The second kappa shape index (κ2) is 6.04. The summed E-state index contributed by atoms with van der Waals surface area (Å²) < 4.78 is 7.87. The van der Waals surface area contributed by atoms with Gasteiger partial charge in [-0.25, -0.2) is 0 Å². The zero-order valence-electron chi connectivity index (χ0n) is 10.3. The third-order valence-corrected chi connectivity index (χ3v) is 3.91. The zero-order chi connectivity index (χ0) is 13.1. The van der Waals surface area contributed by atoms with E-state index in [1.165, 1.54) is 5.56 Å². The van der Waals surface area contributed by atoms with Crippen molar-refractivity contribution in [1.29, 1.82) is 0 Å². The zero-order valence-corrected chi connectivity index (χ0v) is 13.5. The lowest BCUT2D eigenvalue weighted by atomic mass is 10.0. The minimum absolute atomic E-state index is 0.0752. The summed E-state index contributed by atoms with van der Waals surface area (Å²) in [6, 6.07) is 10.3. The number of nitrogens with one attached hydrogen (secondary N) is 1. The lowest BCUT2D eigenvalue weighted by Gasteiger charge is -2.17. The summed E-state index contributed by atoms with van der Waals surface area (Å²) in [5.41, 5.74) is 1.18. The van der Waals surface area contributed by atoms with Gasteiger partial charge in [0.15, 0.2) is 0 Å². The third-order valence-electron chi connectivity index (χ3n) is 2.73. The van der Waals surface area contributed by atoms with E-state index in [4.69, 9.17) is 4.42 Å². The van der Waals surface area contributed by atoms with Gasteiger partial charge >= 0.3 is 0 Å². The van der Waals surface area contributed by atoms with Gasteiger partial charge in [0, 0.05) is 8.95 Å². The molecule has 1 aromatic heterocycles. The number of hydrogen-bond donors (Lipinski definition) is 1. The molecule has 1 unspecified atom stereocenters. The summed E-state index contributed by atoms with van der Waals surface area (Å²) in [5, 5.41) is 3.45. The van der Waals surface area contributed by atoms with Gasteiger partial charge in [0.2, 0.25) is 0 Å². The number of benzene rings is 1. The van der Waals surface area contributed by atoms with Crippen LogP contribution in [0.15, 0.2) is 43.7 Å². The molecule has 1 heterocycles. The molecule has 96 valence electrons. The van der Waals surface area contributed by atoms with Crippen LogP contribution in [0.2, 0.25) is 0 Å². The first-order valence-electron chi connectivity index (χ1n) is 5.86. The van der Waals surface area contributed by atoms with E-state index in [0.717, 1.165) is 27.0 Å².